The molecular weight excluding hydrogens is 480 g/mol. The lowest BCUT2D eigenvalue weighted by Crippen LogP contribution is -2.20. The maximum atomic E-state index is 13.5. The largest absolute Gasteiger partial charge is 0.306 e. The monoisotopic (exact) mass is 494 g/mol. The van der Waals surface area contributed by atoms with Crippen molar-refractivity contribution in [3.63, 3.8) is 0 Å². The first-order valence-electron chi connectivity index (χ1n) is 9.73. The van der Waals surface area contributed by atoms with Crippen LogP contribution in [0.1, 0.15) is 22.4 Å². The van der Waals surface area contributed by atoms with Gasteiger partial charge in [-0.25, -0.2) is 13.4 Å². The number of nitro groups is 1. The van der Waals surface area contributed by atoms with E-state index in [0.717, 1.165) is 6.26 Å². The smallest absolute Gasteiger partial charge is 0.276 e. The number of sulfone groups is 1. The predicted octanol–water partition coefficient (Wildman–Crippen LogP) is 4.45. The van der Waals surface area contributed by atoms with Gasteiger partial charge in [0.25, 0.3) is 5.91 Å². The van der Waals surface area contributed by atoms with Gasteiger partial charge in [-0.15, -0.1) is 0 Å². The molecule has 0 aliphatic carbocycles. The van der Waals surface area contributed by atoms with E-state index in [4.69, 9.17) is 11.6 Å². The summed E-state index contributed by atoms with van der Waals surface area (Å²) in [5, 5.41) is 20.2. The molecule has 1 amide bonds. The fourth-order valence-electron chi connectivity index (χ4n) is 3.60. The van der Waals surface area contributed by atoms with Crippen LogP contribution < -0.4 is 4.90 Å². The molecule has 0 saturated carbocycles. The van der Waals surface area contributed by atoms with Crippen LogP contribution in [0, 0.1) is 28.4 Å². The molecule has 2 heterocycles. The van der Waals surface area contributed by atoms with Gasteiger partial charge in [0, 0.05) is 23.6 Å². The molecule has 34 heavy (non-hydrogen) atoms. The third kappa shape index (κ3) is 4.03. The molecule has 0 bridgehead atoms. The van der Waals surface area contributed by atoms with Gasteiger partial charge in [0.15, 0.2) is 9.84 Å². The second kappa shape index (κ2) is 8.37. The van der Waals surface area contributed by atoms with Gasteiger partial charge in [-0.1, -0.05) is 11.6 Å². The van der Waals surface area contributed by atoms with Crippen molar-refractivity contribution in [2.24, 2.45) is 0 Å². The summed E-state index contributed by atoms with van der Waals surface area (Å²) in [6, 6.07) is 13.8. The number of rotatable bonds is 4. The first kappa shape index (κ1) is 23.1. The van der Waals surface area contributed by atoms with Crippen molar-refractivity contribution in [1.82, 2.24) is 4.98 Å². The Kier molecular flexibility index (Phi) is 5.69. The van der Waals surface area contributed by atoms with Gasteiger partial charge in [0.1, 0.15) is 0 Å². The Morgan fingerprint density at radius 3 is 2.41 bits per heavy atom. The molecule has 3 aromatic rings. The molecule has 0 unspecified atom stereocenters. The minimum Gasteiger partial charge on any atom is -0.276 e. The van der Waals surface area contributed by atoms with Crippen LogP contribution in [-0.4, -0.2) is 30.5 Å². The minimum atomic E-state index is -3.42. The van der Waals surface area contributed by atoms with Gasteiger partial charge in [0.05, 0.1) is 38.4 Å². The van der Waals surface area contributed by atoms with Crippen LogP contribution in [-0.2, 0) is 14.6 Å². The van der Waals surface area contributed by atoms with Crippen molar-refractivity contribution in [2.45, 2.75) is 11.8 Å². The Morgan fingerprint density at radius 2 is 1.85 bits per heavy atom. The third-order valence-electron chi connectivity index (χ3n) is 5.29. The lowest BCUT2D eigenvalue weighted by atomic mass is 10.00. The molecule has 1 aromatic heterocycles. The number of hydrogen-bond donors (Lipinski definition) is 0. The summed E-state index contributed by atoms with van der Waals surface area (Å²) in [5.41, 5.74) is 2.50. The molecule has 0 fully saturated rings. The number of carbonyl (C=O) groups is 1. The summed E-state index contributed by atoms with van der Waals surface area (Å²) in [6.45, 7) is 1.74. The van der Waals surface area contributed by atoms with Crippen molar-refractivity contribution in [3.05, 3.63) is 86.2 Å². The van der Waals surface area contributed by atoms with Gasteiger partial charge in [-0.2, -0.15) is 5.26 Å². The molecule has 4 rings (SSSR count). The van der Waals surface area contributed by atoms with E-state index in [1.54, 1.807) is 19.1 Å². The van der Waals surface area contributed by atoms with E-state index in [-0.39, 0.29) is 27.0 Å². The average molecular weight is 495 g/mol. The molecule has 11 heteroatoms. The van der Waals surface area contributed by atoms with E-state index in [1.165, 1.54) is 47.4 Å². The van der Waals surface area contributed by atoms with Gasteiger partial charge in [0.2, 0.25) is 5.15 Å². The Hall–Kier alpha value is -4.07. The summed E-state index contributed by atoms with van der Waals surface area (Å²) < 4.78 is 23.6. The first-order chi connectivity index (χ1) is 16.0. The SMILES string of the molecule is Cc1cc2c(cc1C#N)/C(=C/c1ccc([N+](=O)[O-])c(Cl)n1)C(=O)N2c1ccc(S(C)(=O)=O)cc1. The van der Waals surface area contributed by atoms with E-state index in [9.17, 15) is 28.6 Å². The van der Waals surface area contributed by atoms with Crippen molar-refractivity contribution in [1.29, 1.82) is 5.26 Å². The summed E-state index contributed by atoms with van der Waals surface area (Å²) in [7, 11) is -3.42. The van der Waals surface area contributed by atoms with Crippen LogP contribution in [0.15, 0.2) is 53.4 Å². The van der Waals surface area contributed by atoms with Crippen molar-refractivity contribution < 1.29 is 18.1 Å². The Labute approximate surface area is 199 Å². The maximum Gasteiger partial charge on any atom is 0.306 e. The number of fused-ring (bicyclic) bond motifs is 1. The van der Waals surface area contributed by atoms with E-state index in [0.29, 0.717) is 28.1 Å². The normalized spacial score (nSPS) is 14.2. The summed E-state index contributed by atoms with van der Waals surface area (Å²) in [5.74, 6) is -0.437. The van der Waals surface area contributed by atoms with Gasteiger partial charge < -0.3 is 0 Å². The number of aryl methyl sites for hydroxylation is 1. The summed E-state index contributed by atoms with van der Waals surface area (Å²) >= 11 is 5.92. The second-order valence-corrected chi connectivity index (χ2v) is 9.94. The molecule has 0 saturated heterocycles. The standard InChI is InChI=1S/C23H15ClN4O5S/c1-13-9-21-18(10-14(13)12-25)19(11-15-3-8-20(28(30)31)22(24)26-15)23(29)27(21)16-4-6-17(7-5-16)34(2,32)33/h3-11H,1-2H3/b19-11-. The predicted molar refractivity (Wildman–Crippen MR) is 126 cm³/mol. The van der Waals surface area contributed by atoms with E-state index in [2.05, 4.69) is 11.1 Å². The quantitative estimate of drug-likeness (QED) is 0.226. The number of nitriles is 1. The lowest BCUT2D eigenvalue weighted by Gasteiger charge is -2.18. The zero-order valence-electron chi connectivity index (χ0n) is 17.8. The lowest BCUT2D eigenvalue weighted by molar-refractivity contribution is -0.385. The topological polar surface area (TPSA) is 134 Å². The number of aromatic nitrogens is 1. The molecule has 9 nitrogen and oxygen atoms in total. The summed E-state index contributed by atoms with van der Waals surface area (Å²) in [4.78, 5) is 29.4. The summed E-state index contributed by atoms with van der Waals surface area (Å²) in [6.07, 6.45) is 2.53. The molecule has 0 N–H and O–H groups in total. The Balaban J connectivity index is 1.88. The van der Waals surface area contributed by atoms with Crippen LogP contribution in [0.4, 0.5) is 17.1 Å². The number of benzene rings is 2. The third-order valence-corrected chi connectivity index (χ3v) is 6.70. The Bertz CT molecular complexity index is 1560. The highest BCUT2D eigenvalue weighted by atomic mass is 35.5. The number of halogens is 1. The number of anilines is 2. The van der Waals surface area contributed by atoms with E-state index < -0.39 is 20.7 Å². The molecule has 1 aliphatic heterocycles. The fourth-order valence-corrected chi connectivity index (χ4v) is 4.46. The number of carbonyl (C=O) groups excluding carboxylic acids is 1. The van der Waals surface area contributed by atoms with Gasteiger partial charge in [-0.3, -0.25) is 19.8 Å². The van der Waals surface area contributed by atoms with Gasteiger partial charge >= 0.3 is 5.69 Å². The zero-order valence-corrected chi connectivity index (χ0v) is 19.4. The number of pyridine rings is 1. The Morgan fingerprint density at radius 1 is 1.18 bits per heavy atom. The molecule has 2 aromatic carbocycles. The van der Waals surface area contributed by atoms with Gasteiger partial charge in [-0.05, 0) is 61.0 Å². The van der Waals surface area contributed by atoms with Crippen LogP contribution >= 0.6 is 11.6 Å². The fraction of sp³-hybridized carbons (Fsp3) is 0.0870. The molecule has 0 spiro atoms. The van der Waals surface area contributed by atoms with Crippen LogP contribution in [0.5, 0.6) is 0 Å². The number of amides is 1. The molecular formula is C23H15ClN4O5S. The maximum absolute atomic E-state index is 13.5. The van der Waals surface area contributed by atoms with Crippen molar-refractivity contribution in [3.8, 4) is 6.07 Å². The van der Waals surface area contributed by atoms with E-state index in [1.807, 2.05) is 0 Å². The first-order valence-corrected chi connectivity index (χ1v) is 12.0. The molecule has 170 valence electrons. The van der Waals surface area contributed by atoms with Crippen LogP contribution in [0.2, 0.25) is 5.15 Å². The second-order valence-electron chi connectivity index (χ2n) is 7.56. The van der Waals surface area contributed by atoms with Crippen LogP contribution in [0.3, 0.4) is 0 Å². The van der Waals surface area contributed by atoms with E-state index >= 15 is 0 Å². The number of hydrogen-bond acceptors (Lipinski definition) is 7. The highest BCUT2D eigenvalue weighted by Gasteiger charge is 2.34. The molecule has 0 radical (unpaired) electrons. The van der Waals surface area contributed by atoms with Crippen molar-refractivity contribution >= 4 is 56.1 Å². The molecule has 0 atom stereocenters. The number of nitrogens with zero attached hydrogens (tertiary/aromatic N) is 4. The highest BCUT2D eigenvalue weighted by Crippen LogP contribution is 2.43. The molecule has 1 aliphatic rings. The zero-order chi connectivity index (χ0) is 24.8. The van der Waals surface area contributed by atoms with Crippen LogP contribution in [0.25, 0.3) is 11.6 Å². The highest BCUT2D eigenvalue weighted by molar-refractivity contribution is 7.90. The van der Waals surface area contributed by atoms with Crippen molar-refractivity contribution in [2.75, 3.05) is 11.2 Å². The average Bonchev–Trinajstić information content (AvgIpc) is 3.02. The minimum absolute atomic E-state index is 0.111.